The molecule has 0 saturated carbocycles. The summed E-state index contributed by atoms with van der Waals surface area (Å²) in [5.74, 6) is 0.607. The lowest BCUT2D eigenvalue weighted by molar-refractivity contribution is 0.0675. The number of pyridine rings is 1. The smallest absolute Gasteiger partial charge is 0.254 e. The van der Waals surface area contributed by atoms with Crippen molar-refractivity contribution in [2.45, 2.75) is 25.8 Å². The molecule has 28 heavy (non-hydrogen) atoms. The molecular formula is C22H27FN4O. The van der Waals surface area contributed by atoms with Crippen LogP contribution in [0.25, 0.3) is 0 Å². The number of carbonyl (C=O) groups is 1. The van der Waals surface area contributed by atoms with Crippen LogP contribution >= 0.6 is 0 Å². The van der Waals surface area contributed by atoms with Crippen LogP contribution in [0.15, 0.2) is 42.6 Å². The van der Waals surface area contributed by atoms with Gasteiger partial charge in [-0.3, -0.25) is 9.69 Å². The van der Waals surface area contributed by atoms with Gasteiger partial charge in [0.2, 0.25) is 0 Å². The molecule has 2 saturated heterocycles. The van der Waals surface area contributed by atoms with Crippen molar-refractivity contribution in [1.82, 2.24) is 14.8 Å². The molecular weight excluding hydrogens is 355 g/mol. The van der Waals surface area contributed by atoms with Gasteiger partial charge in [0.25, 0.3) is 5.91 Å². The molecule has 0 radical (unpaired) electrons. The number of piperidine rings is 1. The zero-order valence-electron chi connectivity index (χ0n) is 16.3. The summed E-state index contributed by atoms with van der Waals surface area (Å²) >= 11 is 0. The van der Waals surface area contributed by atoms with E-state index in [4.69, 9.17) is 0 Å². The maximum Gasteiger partial charge on any atom is 0.254 e. The highest BCUT2D eigenvalue weighted by molar-refractivity contribution is 5.95. The zero-order valence-corrected chi connectivity index (χ0v) is 16.3. The molecule has 2 aromatic rings. The molecule has 1 N–H and O–H groups in total. The number of rotatable bonds is 4. The monoisotopic (exact) mass is 382 g/mol. The van der Waals surface area contributed by atoms with Crippen LogP contribution in [0.5, 0.6) is 0 Å². The minimum absolute atomic E-state index is 0.0893. The van der Waals surface area contributed by atoms with Gasteiger partial charge in [-0.2, -0.15) is 0 Å². The second-order valence-electron chi connectivity index (χ2n) is 8.10. The van der Waals surface area contributed by atoms with Crippen molar-refractivity contribution in [3.63, 3.8) is 0 Å². The number of likely N-dealkylation sites (tertiary alicyclic amines) is 2. The van der Waals surface area contributed by atoms with Gasteiger partial charge < -0.3 is 10.2 Å². The highest BCUT2D eigenvalue weighted by atomic mass is 19.1. The first kappa shape index (κ1) is 18.9. The average molecular weight is 382 g/mol. The standard InChI is InChI=1S/C22H27FN4O/c1-24-20-13-18(7-10-25-20)21(28)27-12-9-22(16-27)8-2-11-26(15-22)14-17-3-5-19(23)6-4-17/h3-7,10,13H,2,8-9,11-12,14-16H2,1H3,(H,24,25). The third kappa shape index (κ3) is 4.02. The summed E-state index contributed by atoms with van der Waals surface area (Å²) < 4.78 is 13.2. The molecule has 0 aliphatic carbocycles. The molecule has 6 heteroatoms. The van der Waals surface area contributed by atoms with E-state index in [0.717, 1.165) is 57.5 Å². The molecule has 0 bridgehead atoms. The lowest BCUT2D eigenvalue weighted by Crippen LogP contribution is -2.45. The van der Waals surface area contributed by atoms with Crippen molar-refractivity contribution >= 4 is 11.7 Å². The molecule has 2 aliphatic heterocycles. The van der Waals surface area contributed by atoms with Gasteiger partial charge in [0.05, 0.1) is 0 Å². The minimum Gasteiger partial charge on any atom is -0.373 e. The quantitative estimate of drug-likeness (QED) is 0.881. The molecule has 1 unspecified atom stereocenters. The van der Waals surface area contributed by atoms with Gasteiger partial charge >= 0.3 is 0 Å². The Labute approximate surface area is 165 Å². The van der Waals surface area contributed by atoms with E-state index in [1.165, 1.54) is 12.1 Å². The number of carbonyl (C=O) groups excluding carboxylic acids is 1. The number of aromatic nitrogens is 1. The van der Waals surface area contributed by atoms with Crippen molar-refractivity contribution in [2.75, 3.05) is 38.5 Å². The Morgan fingerprint density at radius 2 is 2.00 bits per heavy atom. The predicted octanol–water partition coefficient (Wildman–Crippen LogP) is 3.39. The van der Waals surface area contributed by atoms with Gasteiger partial charge in [0, 0.05) is 50.4 Å². The predicted molar refractivity (Wildman–Crippen MR) is 108 cm³/mol. The number of benzene rings is 1. The summed E-state index contributed by atoms with van der Waals surface area (Å²) in [7, 11) is 1.80. The maximum atomic E-state index is 13.2. The first-order chi connectivity index (χ1) is 13.6. The van der Waals surface area contributed by atoms with Crippen molar-refractivity contribution in [3.8, 4) is 0 Å². The summed E-state index contributed by atoms with van der Waals surface area (Å²) in [6, 6.07) is 10.4. The normalized spacial score (nSPS) is 22.6. The summed E-state index contributed by atoms with van der Waals surface area (Å²) in [5, 5.41) is 2.99. The van der Waals surface area contributed by atoms with Crippen LogP contribution < -0.4 is 5.32 Å². The van der Waals surface area contributed by atoms with E-state index in [9.17, 15) is 9.18 Å². The van der Waals surface area contributed by atoms with Crippen LogP contribution in [0.4, 0.5) is 10.2 Å². The Balaban J connectivity index is 1.41. The summed E-state index contributed by atoms with van der Waals surface area (Å²) in [4.78, 5) is 21.6. The number of hydrogen-bond donors (Lipinski definition) is 1. The summed E-state index contributed by atoms with van der Waals surface area (Å²) in [5.41, 5.74) is 2.00. The van der Waals surface area contributed by atoms with Crippen LogP contribution in [-0.2, 0) is 6.54 Å². The van der Waals surface area contributed by atoms with E-state index in [2.05, 4.69) is 15.2 Å². The van der Waals surface area contributed by atoms with E-state index in [1.807, 2.05) is 23.1 Å². The molecule has 3 heterocycles. The van der Waals surface area contributed by atoms with Gasteiger partial charge in [-0.25, -0.2) is 9.37 Å². The Morgan fingerprint density at radius 3 is 2.79 bits per heavy atom. The molecule has 4 rings (SSSR count). The van der Waals surface area contributed by atoms with Crippen molar-refractivity contribution < 1.29 is 9.18 Å². The fourth-order valence-electron chi connectivity index (χ4n) is 4.62. The van der Waals surface area contributed by atoms with Gasteiger partial charge in [-0.1, -0.05) is 12.1 Å². The number of nitrogens with zero attached hydrogens (tertiary/aromatic N) is 3. The molecule has 2 fully saturated rings. The highest BCUT2D eigenvalue weighted by Gasteiger charge is 2.42. The lowest BCUT2D eigenvalue weighted by Gasteiger charge is -2.40. The topological polar surface area (TPSA) is 48.5 Å². The second kappa shape index (κ2) is 7.87. The first-order valence-electron chi connectivity index (χ1n) is 9.97. The Kier molecular flexibility index (Phi) is 5.31. The van der Waals surface area contributed by atoms with Gasteiger partial charge in [-0.15, -0.1) is 0 Å². The summed E-state index contributed by atoms with van der Waals surface area (Å²) in [6.07, 6.45) is 5.02. The third-order valence-electron chi connectivity index (χ3n) is 6.05. The summed E-state index contributed by atoms with van der Waals surface area (Å²) in [6.45, 7) is 4.50. The molecule has 148 valence electrons. The van der Waals surface area contributed by atoms with E-state index < -0.39 is 0 Å². The SMILES string of the molecule is CNc1cc(C(=O)N2CCC3(CCCN(Cc4ccc(F)cc4)C3)C2)ccn1. The lowest BCUT2D eigenvalue weighted by atomic mass is 9.79. The average Bonchev–Trinajstić information content (AvgIpc) is 3.12. The van der Waals surface area contributed by atoms with Gasteiger partial charge in [0.1, 0.15) is 11.6 Å². The molecule has 1 atom stereocenters. The fourth-order valence-corrected chi connectivity index (χ4v) is 4.62. The maximum absolute atomic E-state index is 13.2. The molecule has 1 aromatic heterocycles. The van der Waals surface area contributed by atoms with Gasteiger partial charge in [-0.05, 0) is 55.6 Å². The van der Waals surface area contributed by atoms with Crippen LogP contribution in [0.1, 0.15) is 35.2 Å². The Morgan fingerprint density at radius 1 is 1.18 bits per heavy atom. The largest absolute Gasteiger partial charge is 0.373 e. The van der Waals surface area contributed by atoms with E-state index in [0.29, 0.717) is 11.4 Å². The van der Waals surface area contributed by atoms with Crippen molar-refractivity contribution in [1.29, 1.82) is 0 Å². The first-order valence-corrected chi connectivity index (χ1v) is 9.97. The number of halogens is 1. The minimum atomic E-state index is -0.193. The van der Waals surface area contributed by atoms with Crippen LogP contribution in [-0.4, -0.2) is 53.9 Å². The second-order valence-corrected chi connectivity index (χ2v) is 8.10. The molecule has 2 aliphatic rings. The number of nitrogens with one attached hydrogen (secondary N) is 1. The van der Waals surface area contributed by atoms with Crippen molar-refractivity contribution in [2.24, 2.45) is 5.41 Å². The molecule has 5 nitrogen and oxygen atoms in total. The fraction of sp³-hybridized carbons (Fsp3) is 0.455. The Hall–Kier alpha value is -2.47. The molecule has 1 spiro atoms. The molecule has 1 aromatic carbocycles. The third-order valence-corrected chi connectivity index (χ3v) is 6.05. The number of anilines is 1. The van der Waals surface area contributed by atoms with Crippen LogP contribution in [0.3, 0.4) is 0 Å². The zero-order chi connectivity index (χ0) is 19.6. The van der Waals surface area contributed by atoms with E-state index >= 15 is 0 Å². The number of amides is 1. The van der Waals surface area contributed by atoms with Gasteiger partial charge in [0.15, 0.2) is 0 Å². The van der Waals surface area contributed by atoms with E-state index in [-0.39, 0.29) is 17.1 Å². The van der Waals surface area contributed by atoms with E-state index in [1.54, 1.807) is 19.3 Å². The van der Waals surface area contributed by atoms with Crippen LogP contribution in [0, 0.1) is 11.2 Å². The Bertz CT molecular complexity index is 841. The molecule has 1 amide bonds. The highest BCUT2D eigenvalue weighted by Crippen LogP contribution is 2.39. The van der Waals surface area contributed by atoms with Crippen molar-refractivity contribution in [3.05, 3.63) is 59.5 Å². The van der Waals surface area contributed by atoms with Crippen LogP contribution in [0.2, 0.25) is 0 Å². The number of hydrogen-bond acceptors (Lipinski definition) is 4.